The molecular weight excluding hydrogens is 310 g/mol. The molecule has 0 bridgehead atoms. The summed E-state index contributed by atoms with van der Waals surface area (Å²) in [5.41, 5.74) is 1.52. The van der Waals surface area contributed by atoms with E-state index in [0.29, 0.717) is 4.88 Å². The average molecular weight is 331 g/mol. The lowest BCUT2D eigenvalue weighted by Gasteiger charge is -2.11. The van der Waals surface area contributed by atoms with Gasteiger partial charge in [-0.15, -0.1) is 11.3 Å². The summed E-state index contributed by atoms with van der Waals surface area (Å²) in [6, 6.07) is 7.36. The number of nitrogens with zero attached hydrogens (tertiary/aromatic N) is 2. The van der Waals surface area contributed by atoms with Crippen LogP contribution in [-0.4, -0.2) is 36.0 Å². The number of aromatic nitrogens is 1. The summed E-state index contributed by atoms with van der Waals surface area (Å²) in [6.07, 6.45) is 2.51. The molecule has 122 valence electrons. The van der Waals surface area contributed by atoms with E-state index in [4.69, 9.17) is 4.74 Å². The number of hydrogen-bond donors (Lipinski definition) is 1. The second kappa shape index (κ2) is 7.10. The maximum atomic E-state index is 12.5. The normalized spacial score (nSPS) is 14.9. The fourth-order valence-electron chi connectivity index (χ4n) is 2.75. The number of aryl methyl sites for hydroxylation is 1. The fourth-order valence-corrected chi connectivity index (χ4v) is 3.75. The topological polar surface area (TPSA) is 54.5 Å². The number of hydrogen-bond acceptors (Lipinski definition) is 5. The minimum atomic E-state index is -0.110. The van der Waals surface area contributed by atoms with Gasteiger partial charge in [-0.05, 0) is 45.0 Å². The van der Waals surface area contributed by atoms with Gasteiger partial charge in [0.1, 0.15) is 15.6 Å². The van der Waals surface area contributed by atoms with E-state index < -0.39 is 0 Å². The van der Waals surface area contributed by atoms with Gasteiger partial charge in [-0.25, -0.2) is 4.98 Å². The van der Waals surface area contributed by atoms with Crippen molar-refractivity contribution in [1.29, 1.82) is 0 Å². The van der Waals surface area contributed by atoms with E-state index in [-0.39, 0.29) is 5.91 Å². The Morgan fingerprint density at radius 3 is 2.91 bits per heavy atom. The van der Waals surface area contributed by atoms with Crippen molar-refractivity contribution >= 4 is 22.9 Å². The quantitative estimate of drug-likeness (QED) is 0.913. The molecule has 0 saturated carbocycles. The predicted molar refractivity (Wildman–Crippen MR) is 92.3 cm³/mol. The van der Waals surface area contributed by atoms with Crippen molar-refractivity contribution < 1.29 is 9.53 Å². The number of methoxy groups -OCH3 is 1. The Bertz CT molecular complexity index is 693. The van der Waals surface area contributed by atoms with Crippen molar-refractivity contribution in [3.63, 3.8) is 0 Å². The molecule has 0 radical (unpaired) electrons. The molecule has 6 heteroatoms. The first-order valence-corrected chi connectivity index (χ1v) is 8.61. The highest BCUT2D eigenvalue weighted by Crippen LogP contribution is 2.23. The first-order valence-electron chi connectivity index (χ1n) is 7.80. The van der Waals surface area contributed by atoms with Gasteiger partial charge in [0, 0.05) is 11.8 Å². The SMILES string of the molecule is COc1cccc(NC(=O)c2sc(CN3CCCC3)nc2C)c1. The molecule has 2 aromatic rings. The minimum Gasteiger partial charge on any atom is -0.497 e. The molecule has 0 unspecified atom stereocenters. The Balaban J connectivity index is 1.70. The van der Waals surface area contributed by atoms with Gasteiger partial charge in [-0.1, -0.05) is 6.07 Å². The van der Waals surface area contributed by atoms with Crippen LogP contribution in [0.3, 0.4) is 0 Å². The number of ether oxygens (including phenoxy) is 1. The van der Waals surface area contributed by atoms with E-state index in [1.807, 2.05) is 25.1 Å². The van der Waals surface area contributed by atoms with Crippen LogP contribution in [0.5, 0.6) is 5.75 Å². The zero-order chi connectivity index (χ0) is 16.2. The van der Waals surface area contributed by atoms with Crippen LogP contribution in [0.1, 0.15) is 33.2 Å². The molecule has 1 saturated heterocycles. The third kappa shape index (κ3) is 3.89. The highest BCUT2D eigenvalue weighted by Gasteiger charge is 2.18. The lowest BCUT2D eigenvalue weighted by atomic mass is 10.3. The van der Waals surface area contributed by atoms with E-state index in [2.05, 4.69) is 15.2 Å². The number of carbonyl (C=O) groups is 1. The molecule has 0 aliphatic carbocycles. The lowest BCUT2D eigenvalue weighted by Crippen LogP contribution is -2.18. The molecule has 1 aliphatic heterocycles. The molecule has 1 aromatic carbocycles. The van der Waals surface area contributed by atoms with Crippen molar-refractivity contribution in [2.45, 2.75) is 26.3 Å². The minimum absolute atomic E-state index is 0.110. The van der Waals surface area contributed by atoms with Crippen LogP contribution in [0, 0.1) is 6.92 Å². The van der Waals surface area contributed by atoms with Gasteiger partial charge in [0.05, 0.1) is 19.3 Å². The van der Waals surface area contributed by atoms with Crippen LogP contribution < -0.4 is 10.1 Å². The zero-order valence-electron chi connectivity index (χ0n) is 13.5. The van der Waals surface area contributed by atoms with Gasteiger partial charge in [-0.3, -0.25) is 9.69 Å². The van der Waals surface area contributed by atoms with Crippen LogP contribution in [0.25, 0.3) is 0 Å². The Morgan fingerprint density at radius 1 is 1.39 bits per heavy atom. The van der Waals surface area contributed by atoms with Gasteiger partial charge in [0.25, 0.3) is 5.91 Å². The largest absolute Gasteiger partial charge is 0.497 e. The van der Waals surface area contributed by atoms with Crippen LogP contribution >= 0.6 is 11.3 Å². The summed E-state index contributed by atoms with van der Waals surface area (Å²) in [4.78, 5) is 20.1. The summed E-state index contributed by atoms with van der Waals surface area (Å²) in [5.74, 6) is 0.611. The molecule has 0 spiro atoms. The van der Waals surface area contributed by atoms with Crippen molar-refractivity contribution in [3.8, 4) is 5.75 Å². The van der Waals surface area contributed by atoms with Crippen molar-refractivity contribution in [2.24, 2.45) is 0 Å². The van der Waals surface area contributed by atoms with E-state index in [0.717, 1.165) is 41.8 Å². The van der Waals surface area contributed by atoms with Crippen LogP contribution in [0.15, 0.2) is 24.3 Å². The number of nitrogens with one attached hydrogen (secondary N) is 1. The maximum Gasteiger partial charge on any atom is 0.267 e. The summed E-state index contributed by atoms with van der Waals surface area (Å²) < 4.78 is 5.18. The summed E-state index contributed by atoms with van der Waals surface area (Å²) >= 11 is 1.49. The van der Waals surface area contributed by atoms with Crippen LogP contribution in [0.4, 0.5) is 5.69 Å². The first kappa shape index (κ1) is 16.0. The molecule has 1 aromatic heterocycles. The molecule has 5 nitrogen and oxygen atoms in total. The predicted octanol–water partition coefficient (Wildman–Crippen LogP) is 3.31. The van der Waals surface area contributed by atoms with Crippen molar-refractivity contribution in [2.75, 3.05) is 25.5 Å². The van der Waals surface area contributed by atoms with Crippen LogP contribution in [-0.2, 0) is 6.54 Å². The molecule has 1 amide bonds. The van der Waals surface area contributed by atoms with Gasteiger partial charge in [0.2, 0.25) is 0 Å². The number of anilines is 1. The maximum absolute atomic E-state index is 12.5. The van der Waals surface area contributed by atoms with Crippen molar-refractivity contribution in [3.05, 3.63) is 39.8 Å². The number of amides is 1. The van der Waals surface area contributed by atoms with E-state index in [9.17, 15) is 4.79 Å². The molecule has 3 rings (SSSR count). The van der Waals surface area contributed by atoms with Gasteiger partial charge in [0.15, 0.2) is 0 Å². The summed E-state index contributed by atoms with van der Waals surface area (Å²) in [6.45, 7) is 5.00. The highest BCUT2D eigenvalue weighted by atomic mass is 32.1. The van der Waals surface area contributed by atoms with Gasteiger partial charge >= 0.3 is 0 Å². The van der Waals surface area contributed by atoms with Gasteiger partial charge < -0.3 is 10.1 Å². The molecule has 23 heavy (non-hydrogen) atoms. The molecular formula is C17H21N3O2S. The van der Waals surface area contributed by atoms with Crippen LogP contribution in [0.2, 0.25) is 0 Å². The molecule has 1 aliphatic rings. The number of rotatable bonds is 5. The average Bonchev–Trinajstić information content (AvgIpc) is 3.17. The first-order chi connectivity index (χ1) is 11.2. The second-order valence-electron chi connectivity index (χ2n) is 5.69. The van der Waals surface area contributed by atoms with Crippen molar-refractivity contribution in [1.82, 2.24) is 9.88 Å². The number of thiazole rings is 1. The Hall–Kier alpha value is -1.92. The third-order valence-corrected chi connectivity index (χ3v) is 5.07. The van der Waals surface area contributed by atoms with E-state index in [1.165, 1.54) is 24.2 Å². The molecule has 0 atom stereocenters. The second-order valence-corrected chi connectivity index (χ2v) is 6.78. The lowest BCUT2D eigenvalue weighted by molar-refractivity contribution is 0.103. The molecule has 1 N–H and O–H groups in total. The number of carbonyl (C=O) groups excluding carboxylic acids is 1. The third-order valence-electron chi connectivity index (χ3n) is 3.93. The summed E-state index contributed by atoms with van der Waals surface area (Å²) in [7, 11) is 1.61. The van der Waals surface area contributed by atoms with E-state index >= 15 is 0 Å². The smallest absolute Gasteiger partial charge is 0.267 e. The molecule has 2 heterocycles. The zero-order valence-corrected chi connectivity index (χ0v) is 14.3. The van der Waals surface area contributed by atoms with E-state index in [1.54, 1.807) is 13.2 Å². The Morgan fingerprint density at radius 2 is 2.17 bits per heavy atom. The fraction of sp³-hybridized carbons (Fsp3) is 0.412. The Labute approximate surface area is 140 Å². The highest BCUT2D eigenvalue weighted by molar-refractivity contribution is 7.13. The standard InChI is InChI=1S/C17H21N3O2S/c1-12-16(23-15(18-12)11-20-8-3-4-9-20)17(21)19-13-6-5-7-14(10-13)22-2/h5-7,10H,3-4,8-9,11H2,1-2H3,(H,19,21). The van der Waals surface area contributed by atoms with Gasteiger partial charge in [-0.2, -0.15) is 0 Å². The Kier molecular flexibility index (Phi) is 4.93. The monoisotopic (exact) mass is 331 g/mol. The summed E-state index contributed by atoms with van der Waals surface area (Å²) in [5, 5.41) is 3.93. The number of benzene rings is 1. The molecule has 1 fully saturated rings. The number of likely N-dealkylation sites (tertiary alicyclic amines) is 1.